The van der Waals surface area contributed by atoms with E-state index in [1.54, 1.807) is 0 Å². The molecule has 0 radical (unpaired) electrons. The molecule has 0 atom stereocenters. The number of anilines is 1. The summed E-state index contributed by atoms with van der Waals surface area (Å²) in [7, 11) is 0. The van der Waals surface area contributed by atoms with E-state index in [1.807, 2.05) is 0 Å². The summed E-state index contributed by atoms with van der Waals surface area (Å²) in [6, 6.07) is 8.85. The van der Waals surface area contributed by atoms with E-state index in [-0.39, 0.29) is 22.7 Å². The molecule has 0 spiro atoms. The van der Waals surface area contributed by atoms with Gasteiger partial charge in [0.25, 0.3) is 11.6 Å². The number of nitrogens with zero attached hydrogens (tertiary/aromatic N) is 1. The number of phenolic OH excluding ortho intramolecular Hbond substituents is 1. The number of phenols is 1. The lowest BCUT2D eigenvalue weighted by Gasteiger charge is -2.08. The number of nitrogens with one attached hydrogen (secondary N) is 1. The van der Waals surface area contributed by atoms with Crippen molar-refractivity contribution >= 4 is 34.9 Å². The van der Waals surface area contributed by atoms with Crippen LogP contribution >= 0.6 is 11.6 Å². The minimum absolute atomic E-state index is 0.0685. The molecule has 1 amide bonds. The number of amides is 1. The molecule has 0 aliphatic rings. The summed E-state index contributed by atoms with van der Waals surface area (Å²) in [5.41, 5.74) is -0.0152. The highest BCUT2D eigenvalue weighted by Gasteiger charge is 2.13. The van der Waals surface area contributed by atoms with Gasteiger partial charge in [0.1, 0.15) is 5.75 Å². The first kappa shape index (κ1) is 17.2. The third-order valence-corrected chi connectivity index (χ3v) is 3.12. The van der Waals surface area contributed by atoms with E-state index in [0.29, 0.717) is 5.02 Å². The van der Waals surface area contributed by atoms with Crippen LogP contribution in [-0.4, -0.2) is 28.5 Å². The van der Waals surface area contributed by atoms with Crippen LogP contribution in [-0.2, 0) is 9.53 Å². The fourth-order valence-corrected chi connectivity index (χ4v) is 1.90. The number of carbonyl (C=O) groups is 2. The molecule has 0 heterocycles. The zero-order valence-electron chi connectivity index (χ0n) is 12.1. The van der Waals surface area contributed by atoms with Gasteiger partial charge < -0.3 is 15.2 Å². The maximum atomic E-state index is 11.8. The fraction of sp³-hybridized carbons (Fsp3) is 0.0667. The van der Waals surface area contributed by atoms with Crippen molar-refractivity contribution in [3.8, 4) is 5.75 Å². The van der Waals surface area contributed by atoms with E-state index >= 15 is 0 Å². The van der Waals surface area contributed by atoms with Crippen molar-refractivity contribution in [1.82, 2.24) is 0 Å². The average molecular weight is 351 g/mol. The summed E-state index contributed by atoms with van der Waals surface area (Å²) in [5.74, 6) is -1.67. The van der Waals surface area contributed by atoms with E-state index < -0.39 is 23.4 Å². The maximum Gasteiger partial charge on any atom is 0.338 e. The SMILES string of the molecule is O=C(COC(=O)c1ccc([N+](=O)[O-])cc1)Nc1cc(Cl)ccc1O. The number of non-ortho nitro benzene ring substituents is 1. The first-order valence-electron chi connectivity index (χ1n) is 6.57. The van der Waals surface area contributed by atoms with Crippen LogP contribution in [0, 0.1) is 10.1 Å². The van der Waals surface area contributed by atoms with Crippen molar-refractivity contribution in [2.24, 2.45) is 0 Å². The number of halogens is 1. The van der Waals surface area contributed by atoms with Crippen molar-refractivity contribution in [3.63, 3.8) is 0 Å². The Balaban J connectivity index is 1.92. The minimum Gasteiger partial charge on any atom is -0.506 e. The Morgan fingerprint density at radius 3 is 2.50 bits per heavy atom. The summed E-state index contributed by atoms with van der Waals surface area (Å²) >= 11 is 5.75. The second-order valence-electron chi connectivity index (χ2n) is 4.59. The normalized spacial score (nSPS) is 10.0. The number of aromatic hydroxyl groups is 1. The summed E-state index contributed by atoms with van der Waals surface area (Å²) in [6.07, 6.45) is 0. The molecule has 2 aromatic rings. The summed E-state index contributed by atoms with van der Waals surface area (Å²) in [5, 5.41) is 22.8. The lowest BCUT2D eigenvalue weighted by molar-refractivity contribution is -0.384. The molecule has 0 bridgehead atoms. The van der Waals surface area contributed by atoms with E-state index in [9.17, 15) is 24.8 Å². The van der Waals surface area contributed by atoms with Gasteiger partial charge in [0.05, 0.1) is 16.2 Å². The Labute approximate surface area is 140 Å². The monoisotopic (exact) mass is 350 g/mol. The smallest absolute Gasteiger partial charge is 0.338 e. The molecule has 8 nitrogen and oxygen atoms in total. The lowest BCUT2D eigenvalue weighted by atomic mass is 10.2. The number of carbonyl (C=O) groups excluding carboxylic acids is 2. The van der Waals surface area contributed by atoms with Gasteiger partial charge in [-0.25, -0.2) is 4.79 Å². The van der Waals surface area contributed by atoms with Crippen molar-refractivity contribution in [1.29, 1.82) is 0 Å². The Morgan fingerprint density at radius 1 is 1.21 bits per heavy atom. The molecule has 24 heavy (non-hydrogen) atoms. The van der Waals surface area contributed by atoms with E-state index in [2.05, 4.69) is 5.32 Å². The van der Waals surface area contributed by atoms with Crippen LogP contribution in [0.5, 0.6) is 5.75 Å². The number of nitro groups is 1. The van der Waals surface area contributed by atoms with Crippen LogP contribution in [0.3, 0.4) is 0 Å². The molecule has 2 rings (SSSR count). The van der Waals surface area contributed by atoms with Crippen LogP contribution in [0.4, 0.5) is 11.4 Å². The number of hydrogen-bond donors (Lipinski definition) is 2. The Bertz CT molecular complexity index is 791. The molecule has 9 heteroatoms. The van der Waals surface area contributed by atoms with E-state index in [1.165, 1.54) is 30.3 Å². The van der Waals surface area contributed by atoms with Crippen molar-refractivity contribution in [2.45, 2.75) is 0 Å². The Hall–Kier alpha value is -3.13. The lowest BCUT2D eigenvalue weighted by Crippen LogP contribution is -2.21. The van der Waals surface area contributed by atoms with Gasteiger partial charge in [-0.2, -0.15) is 0 Å². The summed E-state index contributed by atoms with van der Waals surface area (Å²) in [6.45, 7) is -0.595. The van der Waals surface area contributed by atoms with Gasteiger partial charge in [0.2, 0.25) is 0 Å². The van der Waals surface area contributed by atoms with Crippen LogP contribution < -0.4 is 5.32 Å². The highest BCUT2D eigenvalue weighted by molar-refractivity contribution is 6.31. The number of benzene rings is 2. The zero-order valence-corrected chi connectivity index (χ0v) is 12.8. The second kappa shape index (κ2) is 7.42. The van der Waals surface area contributed by atoms with Gasteiger partial charge in [-0.1, -0.05) is 11.6 Å². The van der Waals surface area contributed by atoms with Crippen LogP contribution in [0.1, 0.15) is 10.4 Å². The summed E-state index contributed by atoms with van der Waals surface area (Å²) in [4.78, 5) is 33.4. The second-order valence-corrected chi connectivity index (χ2v) is 5.03. The zero-order chi connectivity index (χ0) is 17.7. The van der Waals surface area contributed by atoms with E-state index in [0.717, 1.165) is 12.1 Å². The molecule has 2 aromatic carbocycles. The summed E-state index contributed by atoms with van der Waals surface area (Å²) < 4.78 is 4.80. The first-order chi connectivity index (χ1) is 11.4. The third kappa shape index (κ3) is 4.43. The fourth-order valence-electron chi connectivity index (χ4n) is 1.73. The van der Waals surface area contributed by atoms with Gasteiger partial charge in [-0.3, -0.25) is 14.9 Å². The maximum absolute atomic E-state index is 11.8. The first-order valence-corrected chi connectivity index (χ1v) is 6.94. The molecule has 0 saturated heterocycles. The molecular formula is C15H11ClN2O6. The quantitative estimate of drug-likeness (QED) is 0.370. The number of ether oxygens (including phenoxy) is 1. The number of rotatable bonds is 5. The van der Waals surface area contributed by atoms with E-state index in [4.69, 9.17) is 16.3 Å². The Kier molecular flexibility index (Phi) is 5.33. The number of hydrogen-bond acceptors (Lipinski definition) is 6. The molecule has 0 aliphatic carbocycles. The largest absolute Gasteiger partial charge is 0.506 e. The highest BCUT2D eigenvalue weighted by atomic mass is 35.5. The molecule has 0 fully saturated rings. The molecular weight excluding hydrogens is 340 g/mol. The third-order valence-electron chi connectivity index (χ3n) is 2.88. The molecule has 0 unspecified atom stereocenters. The van der Waals surface area contributed by atoms with Crippen LogP contribution in [0.15, 0.2) is 42.5 Å². The average Bonchev–Trinajstić information content (AvgIpc) is 2.56. The Morgan fingerprint density at radius 2 is 1.88 bits per heavy atom. The van der Waals surface area contributed by atoms with Gasteiger partial charge in [0, 0.05) is 17.2 Å². The van der Waals surface area contributed by atoms with Crippen molar-refractivity contribution < 1.29 is 24.4 Å². The topological polar surface area (TPSA) is 119 Å². The van der Waals surface area contributed by atoms with Crippen LogP contribution in [0.25, 0.3) is 0 Å². The number of esters is 1. The molecule has 0 saturated carbocycles. The van der Waals surface area contributed by atoms with Crippen molar-refractivity contribution in [3.05, 3.63) is 63.2 Å². The number of nitro benzene ring substituents is 1. The highest BCUT2D eigenvalue weighted by Crippen LogP contribution is 2.26. The molecule has 0 aliphatic heterocycles. The molecule has 0 aromatic heterocycles. The van der Waals surface area contributed by atoms with Crippen LogP contribution in [0.2, 0.25) is 5.02 Å². The molecule has 2 N–H and O–H groups in total. The predicted molar refractivity (Wildman–Crippen MR) is 85.1 cm³/mol. The van der Waals surface area contributed by atoms with Gasteiger partial charge >= 0.3 is 5.97 Å². The van der Waals surface area contributed by atoms with Gasteiger partial charge in [0.15, 0.2) is 6.61 Å². The van der Waals surface area contributed by atoms with Gasteiger partial charge in [-0.05, 0) is 30.3 Å². The van der Waals surface area contributed by atoms with Gasteiger partial charge in [-0.15, -0.1) is 0 Å². The van der Waals surface area contributed by atoms with Crippen molar-refractivity contribution in [2.75, 3.05) is 11.9 Å². The molecule has 124 valence electrons. The standard InChI is InChI=1S/C15H11ClN2O6/c16-10-3-6-13(19)12(7-10)17-14(20)8-24-15(21)9-1-4-11(5-2-9)18(22)23/h1-7,19H,8H2,(H,17,20). The minimum atomic E-state index is -0.810. The predicted octanol–water partition coefficient (Wildman–Crippen LogP) is 2.75.